The van der Waals surface area contributed by atoms with Crippen LogP contribution < -0.4 is 10.1 Å². The van der Waals surface area contributed by atoms with Crippen LogP contribution in [0.3, 0.4) is 0 Å². The Labute approximate surface area is 171 Å². The summed E-state index contributed by atoms with van der Waals surface area (Å²) in [4.78, 5) is 13.3. The molecule has 0 saturated carbocycles. The summed E-state index contributed by atoms with van der Waals surface area (Å²) in [5, 5.41) is 3.03. The molecule has 1 unspecified atom stereocenters. The molecule has 5 nitrogen and oxygen atoms in total. The number of hydrogen-bond donors (Lipinski definition) is 1. The van der Waals surface area contributed by atoms with Gasteiger partial charge in [0.25, 0.3) is 5.91 Å². The molecule has 3 aromatic rings. The first kappa shape index (κ1) is 20.6. The van der Waals surface area contributed by atoms with E-state index in [9.17, 15) is 13.2 Å². The largest absolute Gasteiger partial charge is 0.493 e. The number of ether oxygens (including phenoxy) is 1. The fraction of sp³-hybridized carbons (Fsp3) is 0.174. The van der Waals surface area contributed by atoms with Crippen LogP contribution in [0.5, 0.6) is 5.75 Å². The van der Waals surface area contributed by atoms with Crippen LogP contribution in [-0.4, -0.2) is 27.2 Å². The van der Waals surface area contributed by atoms with Gasteiger partial charge in [0.05, 0.1) is 23.1 Å². The first-order chi connectivity index (χ1) is 13.9. The minimum Gasteiger partial charge on any atom is -0.493 e. The smallest absolute Gasteiger partial charge is 0.255 e. The van der Waals surface area contributed by atoms with Crippen LogP contribution in [0.2, 0.25) is 0 Å². The third-order valence-corrected chi connectivity index (χ3v) is 5.57. The first-order valence-corrected chi connectivity index (χ1v) is 11.2. The molecule has 0 fully saturated rings. The lowest BCUT2D eigenvalue weighted by Gasteiger charge is -2.21. The third kappa shape index (κ3) is 5.03. The molecule has 1 amide bonds. The molecule has 0 saturated heterocycles. The van der Waals surface area contributed by atoms with Gasteiger partial charge in [-0.25, -0.2) is 8.42 Å². The fourth-order valence-corrected chi connectivity index (χ4v) is 3.75. The van der Waals surface area contributed by atoms with E-state index >= 15 is 0 Å². The molecule has 3 rings (SSSR count). The van der Waals surface area contributed by atoms with Crippen molar-refractivity contribution >= 4 is 15.7 Å². The summed E-state index contributed by atoms with van der Waals surface area (Å²) < 4.78 is 29.6. The highest BCUT2D eigenvalue weighted by Gasteiger charge is 2.21. The molecule has 0 aliphatic carbocycles. The van der Waals surface area contributed by atoms with Crippen molar-refractivity contribution in [1.82, 2.24) is 5.32 Å². The van der Waals surface area contributed by atoms with Crippen molar-refractivity contribution in [3.05, 3.63) is 95.6 Å². The van der Waals surface area contributed by atoms with E-state index in [1.165, 1.54) is 6.26 Å². The standard InChI is InChI=1S/C23H23NO4S/c1-3-28-21-15-8-7-14-20(21)23(25)24-22(17-10-5-4-6-11-17)18-12-9-13-19(16-18)29(2,26)27/h4-16,22H,3H2,1-2H3,(H,24,25). The monoisotopic (exact) mass is 409 g/mol. The lowest BCUT2D eigenvalue weighted by atomic mass is 9.98. The van der Waals surface area contributed by atoms with E-state index in [1.54, 1.807) is 42.5 Å². The Balaban J connectivity index is 2.02. The molecule has 0 aliphatic rings. The van der Waals surface area contributed by atoms with Crippen LogP contribution in [0.15, 0.2) is 83.8 Å². The molecule has 0 radical (unpaired) electrons. The van der Waals surface area contributed by atoms with Gasteiger partial charge in [0, 0.05) is 6.26 Å². The normalized spacial score (nSPS) is 12.2. The van der Waals surface area contributed by atoms with Crippen molar-refractivity contribution in [3.63, 3.8) is 0 Å². The van der Waals surface area contributed by atoms with Crippen LogP contribution >= 0.6 is 0 Å². The van der Waals surface area contributed by atoms with Gasteiger partial charge < -0.3 is 10.1 Å². The Hall–Kier alpha value is -3.12. The maximum absolute atomic E-state index is 13.1. The SMILES string of the molecule is CCOc1ccccc1C(=O)NC(c1ccccc1)c1cccc(S(C)(=O)=O)c1. The van der Waals surface area contributed by atoms with Crippen molar-refractivity contribution in [3.8, 4) is 5.75 Å². The Morgan fingerprint density at radius 3 is 2.28 bits per heavy atom. The first-order valence-electron chi connectivity index (χ1n) is 9.28. The molecule has 0 aliphatic heterocycles. The Morgan fingerprint density at radius 1 is 0.931 bits per heavy atom. The second-order valence-electron chi connectivity index (χ2n) is 6.59. The summed E-state index contributed by atoms with van der Waals surface area (Å²) in [6.45, 7) is 2.31. The number of rotatable bonds is 7. The van der Waals surface area contributed by atoms with Crippen LogP contribution in [0.25, 0.3) is 0 Å². The Kier molecular flexibility index (Phi) is 6.34. The molecule has 1 atom stereocenters. The van der Waals surface area contributed by atoms with Crippen LogP contribution in [0, 0.1) is 0 Å². The van der Waals surface area contributed by atoms with E-state index in [2.05, 4.69) is 5.32 Å². The van der Waals surface area contributed by atoms with Crippen LogP contribution in [-0.2, 0) is 9.84 Å². The van der Waals surface area contributed by atoms with E-state index in [1.807, 2.05) is 43.3 Å². The average Bonchev–Trinajstić information content (AvgIpc) is 2.72. The van der Waals surface area contributed by atoms with Crippen molar-refractivity contribution in [2.24, 2.45) is 0 Å². The molecule has 150 valence electrons. The summed E-state index contributed by atoms with van der Waals surface area (Å²) in [6.07, 6.45) is 1.17. The van der Waals surface area contributed by atoms with Crippen molar-refractivity contribution in [1.29, 1.82) is 0 Å². The summed E-state index contributed by atoms with van der Waals surface area (Å²) >= 11 is 0. The molecule has 0 bridgehead atoms. The zero-order valence-corrected chi connectivity index (χ0v) is 17.1. The summed E-state index contributed by atoms with van der Waals surface area (Å²) in [7, 11) is -3.37. The third-order valence-electron chi connectivity index (χ3n) is 4.46. The topological polar surface area (TPSA) is 72.5 Å². The predicted molar refractivity (Wildman–Crippen MR) is 113 cm³/mol. The molecule has 0 spiro atoms. The Bertz CT molecular complexity index is 1090. The van der Waals surface area contributed by atoms with Gasteiger partial charge in [0.2, 0.25) is 0 Å². The number of carbonyl (C=O) groups is 1. The van der Waals surface area contributed by atoms with Gasteiger partial charge in [0.15, 0.2) is 9.84 Å². The van der Waals surface area contributed by atoms with E-state index in [-0.39, 0.29) is 10.8 Å². The maximum Gasteiger partial charge on any atom is 0.255 e. The lowest BCUT2D eigenvalue weighted by Crippen LogP contribution is -2.29. The maximum atomic E-state index is 13.1. The molecule has 0 aromatic heterocycles. The highest BCUT2D eigenvalue weighted by Crippen LogP contribution is 2.26. The van der Waals surface area contributed by atoms with E-state index in [0.29, 0.717) is 23.5 Å². The van der Waals surface area contributed by atoms with Crippen LogP contribution in [0.1, 0.15) is 34.5 Å². The van der Waals surface area contributed by atoms with Gasteiger partial charge in [-0.3, -0.25) is 4.79 Å². The highest BCUT2D eigenvalue weighted by molar-refractivity contribution is 7.90. The minimum atomic E-state index is -3.37. The van der Waals surface area contributed by atoms with Gasteiger partial charge in [-0.15, -0.1) is 0 Å². The molecular weight excluding hydrogens is 386 g/mol. The number of sulfone groups is 1. The second kappa shape index (κ2) is 8.92. The van der Waals surface area contributed by atoms with Gasteiger partial charge in [-0.1, -0.05) is 54.6 Å². The summed E-state index contributed by atoms with van der Waals surface area (Å²) in [5.74, 6) is 0.205. The highest BCUT2D eigenvalue weighted by atomic mass is 32.2. The summed E-state index contributed by atoms with van der Waals surface area (Å²) in [5.41, 5.74) is 1.95. The van der Waals surface area contributed by atoms with Gasteiger partial charge in [-0.05, 0) is 42.3 Å². The second-order valence-corrected chi connectivity index (χ2v) is 8.61. The average molecular weight is 410 g/mol. The number of para-hydroxylation sites is 1. The van der Waals surface area contributed by atoms with Gasteiger partial charge in [0.1, 0.15) is 5.75 Å². The van der Waals surface area contributed by atoms with Crippen molar-refractivity contribution in [2.45, 2.75) is 17.9 Å². The van der Waals surface area contributed by atoms with Crippen LogP contribution in [0.4, 0.5) is 0 Å². The number of amides is 1. The molecule has 6 heteroatoms. The molecule has 1 N–H and O–H groups in total. The van der Waals surface area contributed by atoms with Crippen molar-refractivity contribution in [2.75, 3.05) is 12.9 Å². The number of carbonyl (C=O) groups excluding carboxylic acids is 1. The zero-order valence-electron chi connectivity index (χ0n) is 16.3. The lowest BCUT2D eigenvalue weighted by molar-refractivity contribution is 0.0939. The molecule has 3 aromatic carbocycles. The van der Waals surface area contributed by atoms with E-state index in [0.717, 1.165) is 5.56 Å². The fourth-order valence-electron chi connectivity index (χ4n) is 3.07. The predicted octanol–water partition coefficient (Wildman–Crippen LogP) is 4.01. The van der Waals surface area contributed by atoms with Gasteiger partial charge >= 0.3 is 0 Å². The number of benzene rings is 3. The minimum absolute atomic E-state index is 0.208. The number of hydrogen-bond acceptors (Lipinski definition) is 4. The van der Waals surface area contributed by atoms with Crippen molar-refractivity contribution < 1.29 is 17.9 Å². The number of nitrogens with one attached hydrogen (secondary N) is 1. The quantitative estimate of drug-likeness (QED) is 0.640. The van der Waals surface area contributed by atoms with E-state index in [4.69, 9.17) is 4.74 Å². The Morgan fingerprint density at radius 2 is 1.59 bits per heavy atom. The molecular formula is C23H23NO4S. The summed E-state index contributed by atoms with van der Waals surface area (Å²) in [6, 6.07) is 22.6. The van der Waals surface area contributed by atoms with E-state index < -0.39 is 15.9 Å². The molecule has 0 heterocycles. The van der Waals surface area contributed by atoms with Gasteiger partial charge in [-0.2, -0.15) is 0 Å². The molecule has 29 heavy (non-hydrogen) atoms. The zero-order chi connectivity index (χ0) is 20.9.